The summed E-state index contributed by atoms with van der Waals surface area (Å²) >= 11 is 0. The van der Waals surface area contributed by atoms with E-state index < -0.39 is 222 Å². The fourth-order valence-corrected chi connectivity index (χ4v) is 12.9. The molecule has 0 amide bonds. The zero-order chi connectivity index (χ0) is 50.8. The van der Waals surface area contributed by atoms with Crippen LogP contribution >= 0.6 is 0 Å². The number of hydrogen-bond donors (Lipinski definition) is 0. The van der Waals surface area contributed by atoms with E-state index in [0.29, 0.717) is 0 Å². The van der Waals surface area contributed by atoms with E-state index in [0.717, 1.165) is 0 Å². The van der Waals surface area contributed by atoms with Crippen molar-refractivity contribution in [2.24, 2.45) is 0 Å². The Hall–Kier alpha value is -1.68. The van der Waals surface area contributed by atoms with Gasteiger partial charge in [0.1, 0.15) is 107 Å². The highest BCUT2D eigenvalue weighted by Crippen LogP contribution is 2.65. The van der Waals surface area contributed by atoms with Crippen LogP contribution in [0.25, 0.3) is 0 Å². The fourth-order valence-electron chi connectivity index (χ4n) is 12.9. The third-order valence-corrected chi connectivity index (χ3v) is 16.3. The van der Waals surface area contributed by atoms with Crippen LogP contribution in [0.5, 0.6) is 0 Å². The molecule has 0 saturated carbocycles. The Kier molecular flexibility index (Phi) is 10.9. The van der Waals surface area contributed by atoms with Gasteiger partial charge < -0.3 is 66.3 Å². The first-order valence-corrected chi connectivity index (χ1v) is 24.2. The van der Waals surface area contributed by atoms with Crippen LogP contribution in [0.1, 0.15) is 0 Å². The van der Waals surface area contributed by atoms with Crippen molar-refractivity contribution in [1.82, 2.24) is 0 Å². The first-order valence-electron chi connectivity index (χ1n) is 24.2. The molecule has 0 aromatic heterocycles. The van der Waals surface area contributed by atoms with Gasteiger partial charge in [-0.2, -0.15) is 58.7 Å². The largest absolute Gasteiger partial charge is 0.341 e. The molecule has 0 N–H and O–H groups in total. The predicted octanol–water partition coefficient (Wildman–Crippen LogP) is -5.82. The Labute approximate surface area is 426 Å². The smallest absolute Gasteiger partial charge is 0.299 e. The van der Waals surface area contributed by atoms with Gasteiger partial charge in [0, 0.05) is 0 Å². The maximum Gasteiger partial charge on any atom is 0.299 e. The van der Waals surface area contributed by atoms with Crippen molar-refractivity contribution < 1.29 is 204 Å². The first kappa shape index (κ1) is 48.7. The Bertz CT molecular complexity index is 2350. The number of epoxide rings is 1. The first-order chi connectivity index (χ1) is 38.4. The van der Waals surface area contributed by atoms with Crippen LogP contribution < -0.4 is 0 Å². The van der Waals surface area contributed by atoms with Crippen molar-refractivity contribution >= 4 is 0 Å². The molecule has 42 heteroatoms. The molecule has 23 rings (SSSR count). The Balaban J connectivity index is 0.913. The molecule has 6 spiro atoms. The molecular formula is C36H36O42. The second-order valence-corrected chi connectivity index (χ2v) is 20.1. The van der Waals surface area contributed by atoms with Gasteiger partial charge in [-0.3, -0.25) is 4.74 Å². The number of fused-ring (bicyclic) bond motifs is 10. The number of rotatable bonds is 0. The standard InChI is InChI=1S/C36H36O42/c1-7-13-14-15-25(43-7)50-16-8-2-39-71-40-4-10-18-33-22-28(46-10)51-17-9(3-38-70-37-1)44-26(49-13)20(57-73-56-15)31(17,65-76-55-14)62-32(16,66-77-67-33)21(58-74-59-22)27(45-8)52-19-11-5-41-72-42-6-12-35-36(64-35)24(29(48-12)53-18)61-75-60-23(30(47-11)54-35)34(19,63-33)68-78-69-36/h7-30H,1-6H2/t7-,8-,9-,10-,11-,12-,13+,14-,15-,16+,17+,18+,19+,20-,21-,22-,23-,24-,25-,26-,27-,28-,29-,30-,31-,32-,33-,34-,35+,36-/m1/s1. The Morgan fingerprint density at radius 2 is 0.667 bits per heavy atom. The van der Waals surface area contributed by atoms with Gasteiger partial charge in [0.25, 0.3) is 34.7 Å². The van der Waals surface area contributed by atoms with Crippen molar-refractivity contribution in [1.29, 1.82) is 0 Å². The monoisotopic (exact) mass is 1140 g/mol. The van der Waals surface area contributed by atoms with E-state index >= 15 is 0 Å². The molecule has 0 aromatic rings. The van der Waals surface area contributed by atoms with Crippen LogP contribution in [-0.4, -0.2) is 222 Å². The van der Waals surface area contributed by atoms with E-state index in [1.165, 1.54) is 0 Å². The van der Waals surface area contributed by atoms with Crippen LogP contribution in [0.4, 0.5) is 0 Å². The third kappa shape index (κ3) is 6.43. The molecule has 0 aliphatic carbocycles. The van der Waals surface area contributed by atoms with E-state index in [1.807, 2.05) is 0 Å². The molecule has 24 bridgehead atoms. The highest BCUT2D eigenvalue weighted by molar-refractivity contribution is 5.19. The van der Waals surface area contributed by atoms with Crippen LogP contribution in [0.3, 0.4) is 0 Å². The summed E-state index contributed by atoms with van der Waals surface area (Å²) in [4.78, 5) is 108. The molecule has 23 aliphatic rings. The number of hydrogen-bond acceptors (Lipinski definition) is 42. The topological polar surface area (TPSA) is 391 Å². The van der Waals surface area contributed by atoms with Crippen molar-refractivity contribution in [3.8, 4) is 0 Å². The molecule has 23 heterocycles. The highest BCUT2D eigenvalue weighted by atomic mass is 17.6. The maximum atomic E-state index is 7.32. The van der Waals surface area contributed by atoms with Crippen molar-refractivity contribution in [3.63, 3.8) is 0 Å². The third-order valence-electron chi connectivity index (χ3n) is 16.3. The lowest BCUT2D eigenvalue weighted by Gasteiger charge is -2.58. The van der Waals surface area contributed by atoms with Crippen LogP contribution in [0, 0.1) is 0 Å². The van der Waals surface area contributed by atoms with Gasteiger partial charge in [0.15, 0.2) is 49.9 Å². The predicted molar refractivity (Wildman–Crippen MR) is 182 cm³/mol. The molecule has 42 nitrogen and oxygen atoms in total. The molecule has 30 atom stereocenters. The van der Waals surface area contributed by atoms with Gasteiger partial charge in [0.05, 0.1) is 0 Å². The maximum absolute atomic E-state index is 7.32. The van der Waals surface area contributed by atoms with E-state index in [2.05, 4.69) is 0 Å². The van der Waals surface area contributed by atoms with Gasteiger partial charge in [0.2, 0.25) is 30.5 Å². The summed E-state index contributed by atoms with van der Waals surface area (Å²) in [6.07, 6.45) is -44.6. The molecule has 432 valence electrons. The Morgan fingerprint density at radius 1 is 0.244 bits per heavy atom. The average Bonchev–Trinajstić information content (AvgIpc) is 2.25. The summed E-state index contributed by atoms with van der Waals surface area (Å²) in [5.41, 5.74) is 0. The molecule has 78 heavy (non-hydrogen) atoms. The minimum atomic E-state index is -3.14. The van der Waals surface area contributed by atoms with Crippen molar-refractivity contribution in [2.45, 2.75) is 182 Å². The molecule has 23 fully saturated rings. The van der Waals surface area contributed by atoms with Crippen molar-refractivity contribution in [3.05, 3.63) is 0 Å². The minimum absolute atomic E-state index is 0.474. The quantitative estimate of drug-likeness (QED) is 0.161. The Morgan fingerprint density at radius 3 is 1.26 bits per heavy atom. The molecule has 0 aromatic carbocycles. The van der Waals surface area contributed by atoms with E-state index in [9.17, 15) is 0 Å². The van der Waals surface area contributed by atoms with Gasteiger partial charge in [-0.15, -0.1) is 0 Å². The van der Waals surface area contributed by atoms with Gasteiger partial charge in [-0.05, 0) is 0 Å². The summed E-state index contributed by atoms with van der Waals surface area (Å²) in [7, 11) is 0. The average molecular weight is 1140 g/mol. The van der Waals surface area contributed by atoms with E-state index in [1.54, 1.807) is 0 Å². The second kappa shape index (κ2) is 17.5. The minimum Gasteiger partial charge on any atom is -0.341 e. The van der Waals surface area contributed by atoms with E-state index in [4.69, 9.17) is 204 Å². The highest BCUT2D eigenvalue weighted by Gasteiger charge is 2.92. The molecule has 23 aliphatic heterocycles. The lowest BCUT2D eigenvalue weighted by atomic mass is 9.87. The van der Waals surface area contributed by atoms with Crippen LogP contribution in [0.15, 0.2) is 0 Å². The van der Waals surface area contributed by atoms with Crippen LogP contribution in [0.2, 0.25) is 0 Å². The summed E-state index contributed by atoms with van der Waals surface area (Å²) in [6, 6.07) is 0. The lowest BCUT2D eigenvalue weighted by Crippen LogP contribution is -2.81. The van der Waals surface area contributed by atoms with Crippen molar-refractivity contribution in [2.75, 3.05) is 39.6 Å². The fraction of sp³-hybridized carbons (Fsp3) is 1.00. The second-order valence-electron chi connectivity index (χ2n) is 20.1. The summed E-state index contributed by atoms with van der Waals surface area (Å²) in [6.45, 7) is -4.00. The summed E-state index contributed by atoms with van der Waals surface area (Å²) < 4.78 is 102. The summed E-state index contributed by atoms with van der Waals surface area (Å²) in [5, 5.41) is 50.3. The molecule has 0 unspecified atom stereocenters. The van der Waals surface area contributed by atoms with E-state index in [-0.39, 0.29) is 0 Å². The zero-order valence-electron chi connectivity index (χ0n) is 38.2. The molecular weight excluding hydrogens is 1100 g/mol. The van der Waals surface area contributed by atoms with Crippen LogP contribution in [-0.2, 0) is 204 Å². The van der Waals surface area contributed by atoms with Gasteiger partial charge in [-0.25, -0.2) is 29.3 Å². The summed E-state index contributed by atoms with van der Waals surface area (Å²) in [5.74, 6) is -16.7. The SMILES string of the molecule is C1OOOC[C@H]2O[C@@H]3O[C@@H]4[C@H]5OOO[C@]67O[C@]89OOO[C@]%10%11O[C@@]%12%13OOO[C@@]%14%15O[C@]%14%16O[C@H]%14O[C@@H]%17COOOC[C@H]%16O[C@H](O[C@H]%10[C@H]%10COOOC[C@@H](O[C@H](O[C@@H]%17%12)[C@H]8OOO[C@@H]%11[C@H](O%10)O[C@@H]26)[C@@H]9O[C@@H](O[C@H]14)[C@@H]5OOO[C@H]37)[C@H]%15OOO[C@H]%14%13. The van der Waals surface area contributed by atoms with Gasteiger partial charge >= 0.3 is 0 Å². The zero-order valence-corrected chi connectivity index (χ0v) is 38.2. The van der Waals surface area contributed by atoms with Gasteiger partial charge in [-0.1, -0.05) is 45.3 Å². The normalized spacial score (nSPS) is 62.8. The number of ether oxygens (including phenoxy) is 15. The molecule has 0 radical (unpaired) electrons. The lowest BCUT2D eigenvalue weighted by molar-refractivity contribution is -0.715. The molecule has 23 saturated heterocycles.